The average molecular weight is 380 g/mol. The Morgan fingerprint density at radius 3 is 2.52 bits per heavy atom. The van der Waals surface area contributed by atoms with E-state index < -0.39 is 23.2 Å². The summed E-state index contributed by atoms with van der Waals surface area (Å²) in [7, 11) is 1.39. The van der Waals surface area contributed by atoms with Crippen molar-refractivity contribution >= 4 is 5.91 Å². The highest BCUT2D eigenvalue weighted by atomic mass is 19.4. The van der Waals surface area contributed by atoms with Crippen LogP contribution in [0.4, 0.5) is 13.2 Å². The van der Waals surface area contributed by atoms with Crippen LogP contribution in [0.25, 0.3) is 0 Å². The summed E-state index contributed by atoms with van der Waals surface area (Å²) in [4.78, 5) is 16.5. The van der Waals surface area contributed by atoms with E-state index in [4.69, 9.17) is 4.74 Å². The third-order valence-corrected chi connectivity index (χ3v) is 4.56. The highest BCUT2D eigenvalue weighted by Crippen LogP contribution is 2.41. The van der Waals surface area contributed by atoms with Crippen LogP contribution in [0, 0.1) is 0 Å². The molecule has 1 atom stereocenters. The number of pyridine rings is 1. The fourth-order valence-electron chi connectivity index (χ4n) is 2.87. The van der Waals surface area contributed by atoms with E-state index >= 15 is 0 Å². The fraction of sp³-hybridized carbons (Fsp3) is 0.368. The molecule has 1 amide bonds. The van der Waals surface area contributed by atoms with Crippen LogP contribution in [-0.2, 0) is 16.9 Å². The molecule has 0 bridgehead atoms. The van der Waals surface area contributed by atoms with Crippen LogP contribution in [0.5, 0.6) is 5.88 Å². The van der Waals surface area contributed by atoms with Gasteiger partial charge in [-0.3, -0.25) is 4.79 Å². The van der Waals surface area contributed by atoms with Gasteiger partial charge in [0.25, 0.3) is 11.5 Å². The zero-order valence-electron chi connectivity index (χ0n) is 14.6. The van der Waals surface area contributed by atoms with Gasteiger partial charge in [0.05, 0.1) is 7.11 Å². The van der Waals surface area contributed by atoms with Gasteiger partial charge in [-0.1, -0.05) is 30.3 Å². The zero-order chi connectivity index (χ0) is 19.7. The Balaban J connectivity index is 1.84. The van der Waals surface area contributed by atoms with Gasteiger partial charge in [0.15, 0.2) is 0 Å². The first-order valence-electron chi connectivity index (χ1n) is 8.43. The van der Waals surface area contributed by atoms with Gasteiger partial charge in [-0.15, -0.1) is 0 Å². The Morgan fingerprint density at radius 2 is 1.96 bits per heavy atom. The standard InChI is InChI=1S/C19H19F3N2O3/c1-27-16-14(9-13(10-23-16)12-7-8-12)11-24-17(25)18(26,19(20,21)22)15-5-3-2-4-6-15/h2-6,9-10,12,26H,7-8,11H2,1H3,(H,24,25)/t18-/m1/s1. The van der Waals surface area contributed by atoms with Crippen LogP contribution in [0.1, 0.15) is 35.4 Å². The lowest BCUT2D eigenvalue weighted by Crippen LogP contribution is -2.54. The number of nitrogens with one attached hydrogen (secondary N) is 1. The number of halogens is 3. The molecule has 0 unspecified atom stereocenters. The number of methoxy groups -OCH3 is 1. The molecule has 2 N–H and O–H groups in total. The van der Waals surface area contributed by atoms with Crippen LogP contribution in [0.15, 0.2) is 42.6 Å². The van der Waals surface area contributed by atoms with E-state index in [1.54, 1.807) is 12.3 Å². The molecule has 1 saturated carbocycles. The number of benzene rings is 1. The summed E-state index contributed by atoms with van der Waals surface area (Å²) < 4.78 is 45.7. The second-order valence-electron chi connectivity index (χ2n) is 6.47. The third-order valence-electron chi connectivity index (χ3n) is 4.56. The van der Waals surface area contributed by atoms with Crippen molar-refractivity contribution in [3.8, 4) is 5.88 Å². The lowest BCUT2D eigenvalue weighted by atomic mass is 9.92. The largest absolute Gasteiger partial charge is 0.481 e. The number of aliphatic hydroxyl groups is 1. The Hall–Kier alpha value is -2.61. The predicted octanol–water partition coefficient (Wildman–Crippen LogP) is 3.03. The van der Waals surface area contributed by atoms with Crippen molar-refractivity contribution < 1.29 is 27.8 Å². The molecule has 3 rings (SSSR count). The Bertz CT molecular complexity index is 823. The summed E-state index contributed by atoms with van der Waals surface area (Å²) in [6, 6.07) is 8.03. The first-order valence-corrected chi connectivity index (χ1v) is 8.43. The molecule has 1 aromatic heterocycles. The highest BCUT2D eigenvalue weighted by Gasteiger charge is 2.60. The molecule has 0 aliphatic heterocycles. The highest BCUT2D eigenvalue weighted by molar-refractivity contribution is 5.87. The lowest BCUT2D eigenvalue weighted by molar-refractivity contribution is -0.257. The van der Waals surface area contributed by atoms with Gasteiger partial charge in [-0.25, -0.2) is 4.98 Å². The van der Waals surface area contributed by atoms with E-state index in [1.165, 1.54) is 25.3 Å². The van der Waals surface area contributed by atoms with E-state index in [-0.39, 0.29) is 12.4 Å². The number of alkyl halides is 3. The summed E-state index contributed by atoms with van der Waals surface area (Å²) in [6.07, 6.45) is -1.46. The molecule has 144 valence electrons. The number of aromatic nitrogens is 1. The zero-order valence-corrected chi connectivity index (χ0v) is 14.6. The van der Waals surface area contributed by atoms with Crippen LogP contribution in [0.3, 0.4) is 0 Å². The number of ether oxygens (including phenoxy) is 1. The van der Waals surface area contributed by atoms with Gasteiger partial charge in [0.2, 0.25) is 5.88 Å². The summed E-state index contributed by atoms with van der Waals surface area (Å²) in [6.45, 7) is -0.249. The molecule has 1 aliphatic rings. The quantitative estimate of drug-likeness (QED) is 0.808. The van der Waals surface area contributed by atoms with Gasteiger partial charge in [-0.05, 0) is 30.4 Å². The number of carbonyl (C=O) groups excluding carboxylic acids is 1. The van der Waals surface area contributed by atoms with Crippen molar-refractivity contribution in [1.29, 1.82) is 0 Å². The SMILES string of the molecule is COc1ncc(C2CC2)cc1CNC(=O)[C@](O)(c1ccccc1)C(F)(F)F. The lowest BCUT2D eigenvalue weighted by Gasteiger charge is -2.29. The normalized spacial score (nSPS) is 16.5. The van der Waals surface area contributed by atoms with Crippen LogP contribution in [-0.4, -0.2) is 29.3 Å². The van der Waals surface area contributed by atoms with Gasteiger partial charge >= 0.3 is 6.18 Å². The summed E-state index contributed by atoms with van der Waals surface area (Å²) >= 11 is 0. The number of rotatable bonds is 6. The van der Waals surface area contributed by atoms with E-state index in [0.29, 0.717) is 11.5 Å². The average Bonchev–Trinajstić information content (AvgIpc) is 3.50. The summed E-state index contributed by atoms with van der Waals surface area (Å²) in [5.41, 5.74) is -2.79. The van der Waals surface area contributed by atoms with Crippen molar-refractivity contribution in [3.63, 3.8) is 0 Å². The van der Waals surface area contributed by atoms with Crippen molar-refractivity contribution in [2.75, 3.05) is 7.11 Å². The second kappa shape index (κ2) is 7.19. The molecular weight excluding hydrogens is 361 g/mol. The van der Waals surface area contributed by atoms with Gasteiger partial charge < -0.3 is 15.2 Å². The smallest absolute Gasteiger partial charge is 0.430 e. The topological polar surface area (TPSA) is 71.5 Å². The molecule has 1 fully saturated rings. The molecule has 0 spiro atoms. The van der Waals surface area contributed by atoms with Crippen molar-refractivity contribution in [2.45, 2.75) is 37.1 Å². The molecule has 1 aliphatic carbocycles. The van der Waals surface area contributed by atoms with E-state index in [1.807, 2.05) is 0 Å². The number of hydrogen-bond acceptors (Lipinski definition) is 4. The molecular formula is C19H19F3N2O3. The van der Waals surface area contributed by atoms with Crippen LogP contribution >= 0.6 is 0 Å². The van der Waals surface area contributed by atoms with Gasteiger partial charge in [0.1, 0.15) is 0 Å². The number of carbonyl (C=O) groups is 1. The Morgan fingerprint density at radius 1 is 1.30 bits per heavy atom. The van der Waals surface area contributed by atoms with E-state index in [0.717, 1.165) is 30.5 Å². The second-order valence-corrected chi connectivity index (χ2v) is 6.47. The molecule has 27 heavy (non-hydrogen) atoms. The van der Waals surface area contributed by atoms with Gasteiger partial charge in [0, 0.05) is 23.9 Å². The minimum atomic E-state index is -5.18. The van der Waals surface area contributed by atoms with Gasteiger partial charge in [-0.2, -0.15) is 13.2 Å². The first kappa shape index (κ1) is 19.2. The molecule has 1 heterocycles. The van der Waals surface area contributed by atoms with Crippen LogP contribution in [0.2, 0.25) is 0 Å². The maximum Gasteiger partial charge on any atom is 0.430 e. The monoisotopic (exact) mass is 380 g/mol. The molecule has 2 aromatic rings. The van der Waals surface area contributed by atoms with Crippen molar-refractivity contribution in [2.24, 2.45) is 0 Å². The first-order chi connectivity index (χ1) is 12.8. The number of nitrogens with zero attached hydrogens (tertiary/aromatic N) is 1. The van der Waals surface area contributed by atoms with E-state index in [2.05, 4.69) is 10.3 Å². The van der Waals surface area contributed by atoms with Crippen LogP contribution < -0.4 is 10.1 Å². The van der Waals surface area contributed by atoms with Crippen molar-refractivity contribution in [3.05, 3.63) is 59.3 Å². The summed E-state index contributed by atoms with van der Waals surface area (Å²) in [5.74, 6) is -0.954. The molecule has 8 heteroatoms. The minimum absolute atomic E-state index is 0.218. The van der Waals surface area contributed by atoms with E-state index in [9.17, 15) is 23.1 Å². The Labute approximate surface area is 154 Å². The molecule has 5 nitrogen and oxygen atoms in total. The number of amides is 1. The predicted molar refractivity (Wildman–Crippen MR) is 91.0 cm³/mol. The van der Waals surface area contributed by atoms with Crippen molar-refractivity contribution in [1.82, 2.24) is 10.3 Å². The Kier molecular flexibility index (Phi) is 5.10. The molecule has 1 aromatic carbocycles. The minimum Gasteiger partial charge on any atom is -0.481 e. The maximum atomic E-state index is 13.5. The molecule has 0 radical (unpaired) electrons. The summed E-state index contributed by atoms with van der Waals surface area (Å²) in [5, 5.41) is 12.4. The maximum absolute atomic E-state index is 13.5. The third kappa shape index (κ3) is 3.75. The number of hydrogen-bond donors (Lipinski definition) is 2. The fourth-order valence-corrected chi connectivity index (χ4v) is 2.87. The molecule has 0 saturated heterocycles.